The highest BCUT2D eigenvalue weighted by molar-refractivity contribution is 7.99. The molecule has 0 aliphatic heterocycles. The van der Waals surface area contributed by atoms with Gasteiger partial charge >= 0.3 is 0 Å². The molecule has 0 bridgehead atoms. The Hall–Kier alpha value is -0.180. The number of benzene rings is 1. The zero-order valence-electron chi connectivity index (χ0n) is 6.83. The standard InChI is InChI=1S/C9H11ClOS/c1-7(11)6-12-9-5-3-2-4-8(9)10/h2-5,7,11H,6H2,1H3. The molecule has 66 valence electrons. The topological polar surface area (TPSA) is 20.2 Å². The summed E-state index contributed by atoms with van der Waals surface area (Å²) in [5.41, 5.74) is 0. The SMILES string of the molecule is CC(O)CSc1ccccc1Cl. The van der Waals surface area contributed by atoms with Gasteiger partial charge in [0.25, 0.3) is 0 Å². The molecular weight excluding hydrogens is 192 g/mol. The van der Waals surface area contributed by atoms with Crippen molar-refractivity contribution in [2.24, 2.45) is 0 Å². The van der Waals surface area contributed by atoms with E-state index in [0.29, 0.717) is 5.75 Å². The van der Waals surface area contributed by atoms with Crippen LogP contribution in [0.4, 0.5) is 0 Å². The quantitative estimate of drug-likeness (QED) is 0.761. The first-order valence-corrected chi connectivity index (χ1v) is 5.12. The Labute approximate surface area is 81.7 Å². The molecule has 0 saturated carbocycles. The highest BCUT2D eigenvalue weighted by atomic mass is 35.5. The molecule has 0 radical (unpaired) electrons. The first-order valence-electron chi connectivity index (χ1n) is 3.75. The van der Waals surface area contributed by atoms with Crippen molar-refractivity contribution in [3.8, 4) is 0 Å². The van der Waals surface area contributed by atoms with Crippen LogP contribution in [0.5, 0.6) is 0 Å². The van der Waals surface area contributed by atoms with Crippen LogP contribution in [-0.2, 0) is 0 Å². The van der Waals surface area contributed by atoms with Gasteiger partial charge < -0.3 is 5.11 Å². The summed E-state index contributed by atoms with van der Waals surface area (Å²) < 4.78 is 0. The normalized spacial score (nSPS) is 12.9. The lowest BCUT2D eigenvalue weighted by Gasteiger charge is -2.04. The lowest BCUT2D eigenvalue weighted by Crippen LogP contribution is -2.02. The third-order valence-corrected chi connectivity index (χ3v) is 3.07. The van der Waals surface area contributed by atoms with E-state index in [1.54, 1.807) is 18.7 Å². The number of rotatable bonds is 3. The Morgan fingerprint density at radius 1 is 1.50 bits per heavy atom. The second kappa shape index (κ2) is 4.75. The third kappa shape index (κ3) is 3.05. The van der Waals surface area contributed by atoms with Crippen LogP contribution in [0, 0.1) is 0 Å². The fourth-order valence-corrected chi connectivity index (χ4v) is 1.87. The number of hydrogen-bond donors (Lipinski definition) is 1. The van der Waals surface area contributed by atoms with Crippen LogP contribution in [0.2, 0.25) is 5.02 Å². The number of halogens is 1. The summed E-state index contributed by atoms with van der Waals surface area (Å²) in [6.45, 7) is 1.77. The molecule has 3 heteroatoms. The van der Waals surface area contributed by atoms with E-state index < -0.39 is 0 Å². The van der Waals surface area contributed by atoms with E-state index in [9.17, 15) is 0 Å². The summed E-state index contributed by atoms with van der Waals surface area (Å²) >= 11 is 7.48. The zero-order chi connectivity index (χ0) is 8.97. The van der Waals surface area contributed by atoms with E-state index in [4.69, 9.17) is 16.7 Å². The largest absolute Gasteiger partial charge is 0.393 e. The molecule has 0 spiro atoms. The van der Waals surface area contributed by atoms with Gasteiger partial charge in [-0.3, -0.25) is 0 Å². The average molecular weight is 203 g/mol. The minimum Gasteiger partial charge on any atom is -0.393 e. The van der Waals surface area contributed by atoms with E-state index in [0.717, 1.165) is 9.92 Å². The summed E-state index contributed by atoms with van der Waals surface area (Å²) in [7, 11) is 0. The highest BCUT2D eigenvalue weighted by Crippen LogP contribution is 2.26. The Morgan fingerprint density at radius 3 is 2.75 bits per heavy atom. The van der Waals surface area contributed by atoms with Crippen molar-refractivity contribution >= 4 is 23.4 Å². The van der Waals surface area contributed by atoms with Gasteiger partial charge in [0, 0.05) is 10.6 Å². The molecule has 0 saturated heterocycles. The summed E-state index contributed by atoms with van der Waals surface area (Å²) in [5, 5.41) is 9.79. The minimum absolute atomic E-state index is 0.286. The van der Waals surface area contributed by atoms with E-state index in [-0.39, 0.29) is 6.10 Å². The van der Waals surface area contributed by atoms with Crippen LogP contribution >= 0.6 is 23.4 Å². The van der Waals surface area contributed by atoms with Crippen LogP contribution in [0.25, 0.3) is 0 Å². The van der Waals surface area contributed by atoms with Crippen molar-refractivity contribution in [2.45, 2.75) is 17.9 Å². The van der Waals surface area contributed by atoms with Crippen molar-refractivity contribution in [1.82, 2.24) is 0 Å². The van der Waals surface area contributed by atoms with Gasteiger partial charge in [-0.05, 0) is 19.1 Å². The molecule has 0 fully saturated rings. The molecule has 0 aromatic heterocycles. The molecule has 0 aliphatic rings. The van der Waals surface area contributed by atoms with E-state index in [1.807, 2.05) is 24.3 Å². The van der Waals surface area contributed by atoms with Gasteiger partial charge in [0.05, 0.1) is 11.1 Å². The molecule has 1 atom stereocenters. The maximum Gasteiger partial charge on any atom is 0.0606 e. The second-order valence-corrected chi connectivity index (χ2v) is 4.06. The van der Waals surface area contributed by atoms with Gasteiger partial charge in [0.2, 0.25) is 0 Å². The predicted octanol–water partition coefficient (Wildman–Crippen LogP) is 2.81. The molecule has 1 unspecified atom stereocenters. The van der Waals surface area contributed by atoms with Crippen LogP contribution < -0.4 is 0 Å². The fraction of sp³-hybridized carbons (Fsp3) is 0.333. The monoisotopic (exact) mass is 202 g/mol. The molecule has 12 heavy (non-hydrogen) atoms. The van der Waals surface area contributed by atoms with Crippen molar-refractivity contribution in [3.05, 3.63) is 29.3 Å². The molecule has 1 nitrogen and oxygen atoms in total. The Bertz CT molecular complexity index is 250. The fourth-order valence-electron chi connectivity index (χ4n) is 0.772. The lowest BCUT2D eigenvalue weighted by molar-refractivity contribution is 0.220. The van der Waals surface area contributed by atoms with Gasteiger partial charge in [0.1, 0.15) is 0 Å². The van der Waals surface area contributed by atoms with E-state index in [1.165, 1.54) is 0 Å². The molecule has 0 aliphatic carbocycles. The number of aliphatic hydroxyl groups excluding tert-OH is 1. The summed E-state index contributed by atoms with van der Waals surface area (Å²) in [6, 6.07) is 7.65. The van der Waals surface area contributed by atoms with Crippen molar-refractivity contribution < 1.29 is 5.11 Å². The van der Waals surface area contributed by atoms with Gasteiger partial charge in [0.15, 0.2) is 0 Å². The minimum atomic E-state index is -0.286. The smallest absolute Gasteiger partial charge is 0.0606 e. The summed E-state index contributed by atoms with van der Waals surface area (Å²) in [6.07, 6.45) is -0.286. The third-order valence-electron chi connectivity index (χ3n) is 1.32. The maximum absolute atomic E-state index is 9.04. The molecule has 1 rings (SSSR count). The Morgan fingerprint density at radius 2 is 2.17 bits per heavy atom. The summed E-state index contributed by atoms with van der Waals surface area (Å²) in [5.74, 6) is 0.684. The maximum atomic E-state index is 9.04. The first kappa shape index (κ1) is 9.90. The first-order chi connectivity index (χ1) is 5.70. The van der Waals surface area contributed by atoms with Gasteiger partial charge in [-0.25, -0.2) is 0 Å². The molecule has 0 heterocycles. The van der Waals surface area contributed by atoms with Crippen LogP contribution in [0.1, 0.15) is 6.92 Å². The molecule has 0 amide bonds. The highest BCUT2D eigenvalue weighted by Gasteiger charge is 2.01. The molecule has 1 aromatic carbocycles. The number of thioether (sulfide) groups is 1. The molecule has 1 aromatic rings. The van der Waals surface area contributed by atoms with Crippen LogP contribution in [0.3, 0.4) is 0 Å². The molecule has 1 N–H and O–H groups in total. The van der Waals surface area contributed by atoms with Crippen molar-refractivity contribution in [1.29, 1.82) is 0 Å². The molecular formula is C9H11ClOS. The van der Waals surface area contributed by atoms with Crippen LogP contribution in [0.15, 0.2) is 29.2 Å². The average Bonchev–Trinajstić information content (AvgIpc) is 2.03. The van der Waals surface area contributed by atoms with E-state index >= 15 is 0 Å². The summed E-state index contributed by atoms with van der Waals surface area (Å²) in [4.78, 5) is 1.03. The van der Waals surface area contributed by atoms with Crippen LogP contribution in [-0.4, -0.2) is 17.0 Å². The van der Waals surface area contributed by atoms with Gasteiger partial charge in [-0.2, -0.15) is 0 Å². The van der Waals surface area contributed by atoms with Gasteiger partial charge in [-0.1, -0.05) is 23.7 Å². The van der Waals surface area contributed by atoms with Crippen molar-refractivity contribution in [2.75, 3.05) is 5.75 Å². The second-order valence-electron chi connectivity index (χ2n) is 2.59. The predicted molar refractivity (Wildman–Crippen MR) is 53.9 cm³/mol. The number of hydrogen-bond acceptors (Lipinski definition) is 2. The number of aliphatic hydroxyl groups is 1. The Kier molecular flexibility index (Phi) is 3.92. The lowest BCUT2D eigenvalue weighted by atomic mass is 10.4. The van der Waals surface area contributed by atoms with Crippen molar-refractivity contribution in [3.63, 3.8) is 0 Å². The van der Waals surface area contributed by atoms with Gasteiger partial charge in [-0.15, -0.1) is 11.8 Å². The Balaban J connectivity index is 2.57. The van der Waals surface area contributed by atoms with E-state index in [2.05, 4.69) is 0 Å². The zero-order valence-corrected chi connectivity index (χ0v) is 8.40.